The average molecular weight is 387 g/mol. The van der Waals surface area contributed by atoms with E-state index in [2.05, 4.69) is 56.4 Å². The number of hydrogen-bond donors (Lipinski definition) is 1. The van der Waals surface area contributed by atoms with E-state index in [1.807, 2.05) is 0 Å². The van der Waals surface area contributed by atoms with Gasteiger partial charge in [0.05, 0.1) is 0 Å². The van der Waals surface area contributed by atoms with E-state index in [1.165, 1.54) is 37.8 Å². The summed E-state index contributed by atoms with van der Waals surface area (Å²) in [4.78, 5) is 0. The van der Waals surface area contributed by atoms with E-state index in [-0.39, 0.29) is 12.4 Å². The van der Waals surface area contributed by atoms with E-state index < -0.39 is 13.3 Å². The summed E-state index contributed by atoms with van der Waals surface area (Å²) in [5, 5.41) is 10.0. The average Bonchev–Trinajstić information content (AvgIpc) is 2.49. The number of halogens is 1. The molecule has 0 spiro atoms. The van der Waals surface area contributed by atoms with Gasteiger partial charge in [-0.1, -0.05) is 0 Å². The van der Waals surface area contributed by atoms with Gasteiger partial charge >= 0.3 is 135 Å². The normalized spacial score (nSPS) is 11.2. The molecule has 0 amide bonds. The first-order valence-corrected chi connectivity index (χ1v) is 14.9. The van der Waals surface area contributed by atoms with Crippen molar-refractivity contribution >= 4 is 25.7 Å². The Morgan fingerprint density at radius 2 is 1.36 bits per heavy atom. The van der Waals surface area contributed by atoms with Gasteiger partial charge in [-0.2, -0.15) is 0 Å². The molecule has 3 heteroatoms. The number of hydrogen-bond acceptors (Lipinski definition) is 1. The van der Waals surface area contributed by atoms with Gasteiger partial charge in [0.25, 0.3) is 0 Å². The molecule has 0 heterocycles. The molecule has 0 aliphatic heterocycles. The molecule has 128 valence electrons. The fraction of sp³-hybridized carbons (Fsp3) is 0.684. The molecule has 1 rings (SSSR count). The van der Waals surface area contributed by atoms with Crippen molar-refractivity contribution in [2.24, 2.45) is 0 Å². The van der Waals surface area contributed by atoms with E-state index in [0.29, 0.717) is 0 Å². The standard InChI is InChI=1S/C19H35GeN.ClH/c1-4-13-20(14-5-2,15-6-3)16-10-17-21-18-19-11-8-7-9-12-19;/h7-9,11-12,21H,4-6,10,13-18H2,1-3H3;1H. The quantitative estimate of drug-likeness (QED) is 0.330. The molecule has 1 nitrogen and oxygen atoms in total. The third-order valence-electron chi connectivity index (χ3n) is 4.57. The molecule has 22 heavy (non-hydrogen) atoms. The van der Waals surface area contributed by atoms with Gasteiger partial charge in [-0.15, -0.1) is 12.4 Å². The van der Waals surface area contributed by atoms with E-state index in [9.17, 15) is 0 Å². The first-order valence-electron chi connectivity index (χ1n) is 9.01. The number of nitrogens with one attached hydrogen (secondary N) is 1. The molecular formula is C19H36ClGeN. The summed E-state index contributed by atoms with van der Waals surface area (Å²) < 4.78 is 0. The molecule has 0 unspecified atom stereocenters. The van der Waals surface area contributed by atoms with Crippen LogP contribution in [0.1, 0.15) is 52.0 Å². The molecular weight excluding hydrogens is 350 g/mol. The van der Waals surface area contributed by atoms with Gasteiger partial charge in [0.2, 0.25) is 0 Å². The van der Waals surface area contributed by atoms with Crippen LogP contribution in [0.25, 0.3) is 0 Å². The summed E-state index contributed by atoms with van der Waals surface area (Å²) in [6, 6.07) is 10.8. The van der Waals surface area contributed by atoms with Crippen LogP contribution in [0.5, 0.6) is 0 Å². The Labute approximate surface area is 147 Å². The van der Waals surface area contributed by atoms with Crippen LogP contribution in [0.15, 0.2) is 30.3 Å². The minimum absolute atomic E-state index is 0. The molecule has 0 aliphatic carbocycles. The van der Waals surface area contributed by atoms with Gasteiger partial charge in [0.15, 0.2) is 0 Å². The zero-order chi connectivity index (χ0) is 15.4. The number of rotatable bonds is 12. The Kier molecular flexibility index (Phi) is 13.5. The van der Waals surface area contributed by atoms with Gasteiger partial charge in [-0.3, -0.25) is 0 Å². The van der Waals surface area contributed by atoms with Crippen molar-refractivity contribution in [3.63, 3.8) is 0 Å². The Bertz CT molecular complexity index is 339. The van der Waals surface area contributed by atoms with Gasteiger partial charge in [0, 0.05) is 0 Å². The van der Waals surface area contributed by atoms with Crippen molar-refractivity contribution < 1.29 is 0 Å². The Morgan fingerprint density at radius 3 is 1.86 bits per heavy atom. The summed E-state index contributed by atoms with van der Waals surface area (Å²) in [5.74, 6) is 0. The Hall–Kier alpha value is 0.0129. The first kappa shape index (κ1) is 22.0. The van der Waals surface area contributed by atoms with Crippen molar-refractivity contribution in [1.29, 1.82) is 0 Å². The summed E-state index contributed by atoms with van der Waals surface area (Å²) in [6.45, 7) is 9.38. The van der Waals surface area contributed by atoms with Gasteiger partial charge in [-0.05, 0) is 0 Å². The topological polar surface area (TPSA) is 12.0 Å². The Balaban J connectivity index is 0.00000441. The molecule has 0 saturated heterocycles. The zero-order valence-corrected chi connectivity index (χ0v) is 17.8. The second-order valence-corrected chi connectivity index (χ2v) is 17.0. The first-order chi connectivity index (χ1) is 10.3. The van der Waals surface area contributed by atoms with Crippen LogP contribution in [0.3, 0.4) is 0 Å². The van der Waals surface area contributed by atoms with Crippen molar-refractivity contribution in [1.82, 2.24) is 5.32 Å². The molecule has 0 bridgehead atoms. The van der Waals surface area contributed by atoms with Crippen LogP contribution in [0.2, 0.25) is 21.0 Å². The molecule has 1 aromatic carbocycles. The van der Waals surface area contributed by atoms with E-state index >= 15 is 0 Å². The third kappa shape index (κ3) is 8.59. The third-order valence-corrected chi connectivity index (χ3v) is 17.4. The van der Waals surface area contributed by atoms with Crippen LogP contribution in [0.4, 0.5) is 0 Å². The molecule has 1 aromatic rings. The SMILES string of the molecule is CC[CH2][Ge]([CH2]CC)([CH2]CC)[CH2]CCNCc1ccccc1.Cl. The summed E-state index contributed by atoms with van der Waals surface area (Å²) in [5.41, 5.74) is 1.40. The summed E-state index contributed by atoms with van der Waals surface area (Å²) >= 11 is -1.52. The molecule has 0 fully saturated rings. The van der Waals surface area contributed by atoms with Crippen molar-refractivity contribution in [2.45, 2.75) is 74.0 Å². The molecule has 0 atom stereocenters. The van der Waals surface area contributed by atoms with E-state index in [0.717, 1.165) is 6.54 Å². The van der Waals surface area contributed by atoms with Crippen LogP contribution in [0, 0.1) is 0 Å². The van der Waals surface area contributed by atoms with Crippen molar-refractivity contribution in [3.05, 3.63) is 35.9 Å². The smallest absolute Gasteiger partial charge is 0.147 e. The van der Waals surface area contributed by atoms with Gasteiger partial charge < -0.3 is 0 Å². The monoisotopic (exact) mass is 387 g/mol. The molecule has 0 aliphatic rings. The predicted octanol–water partition coefficient (Wildman–Crippen LogP) is 6.27. The largest absolute Gasteiger partial charge is 0.147 e. The fourth-order valence-corrected chi connectivity index (χ4v) is 15.5. The Morgan fingerprint density at radius 1 is 0.818 bits per heavy atom. The van der Waals surface area contributed by atoms with Crippen molar-refractivity contribution in [2.75, 3.05) is 6.54 Å². The van der Waals surface area contributed by atoms with Crippen LogP contribution in [-0.4, -0.2) is 19.8 Å². The molecule has 0 saturated carbocycles. The second-order valence-electron chi connectivity index (χ2n) is 6.52. The van der Waals surface area contributed by atoms with Crippen LogP contribution in [-0.2, 0) is 6.54 Å². The molecule has 1 N–H and O–H groups in total. The number of benzene rings is 1. The maximum atomic E-state index is 3.63. The maximum Gasteiger partial charge on any atom is -0.147 e. The van der Waals surface area contributed by atoms with Crippen LogP contribution < -0.4 is 5.32 Å². The fourth-order valence-electron chi connectivity index (χ4n) is 3.76. The minimum atomic E-state index is -1.52. The molecule has 0 aromatic heterocycles. The maximum absolute atomic E-state index is 3.63. The minimum Gasteiger partial charge on any atom is -0.147 e. The zero-order valence-electron chi connectivity index (χ0n) is 14.9. The van der Waals surface area contributed by atoms with E-state index in [1.54, 1.807) is 21.0 Å². The van der Waals surface area contributed by atoms with Crippen molar-refractivity contribution in [3.8, 4) is 0 Å². The summed E-state index contributed by atoms with van der Waals surface area (Å²) in [6.07, 6.45) is 5.64. The second kappa shape index (κ2) is 13.5. The predicted molar refractivity (Wildman–Crippen MR) is 106 cm³/mol. The van der Waals surface area contributed by atoms with Gasteiger partial charge in [0.1, 0.15) is 0 Å². The van der Waals surface area contributed by atoms with Crippen LogP contribution >= 0.6 is 12.4 Å². The van der Waals surface area contributed by atoms with E-state index in [4.69, 9.17) is 0 Å². The van der Waals surface area contributed by atoms with Gasteiger partial charge in [-0.25, -0.2) is 0 Å². The molecule has 0 radical (unpaired) electrons. The summed E-state index contributed by atoms with van der Waals surface area (Å²) in [7, 11) is 0.